The van der Waals surface area contributed by atoms with Gasteiger partial charge in [-0.1, -0.05) is 22.9 Å². The number of amides is 1. The normalized spacial score (nSPS) is 12.2. The highest BCUT2D eigenvalue weighted by molar-refractivity contribution is 9.10. The van der Waals surface area contributed by atoms with Gasteiger partial charge in [-0.05, 0) is 31.5 Å². The van der Waals surface area contributed by atoms with Gasteiger partial charge in [0, 0.05) is 23.2 Å². The summed E-state index contributed by atoms with van der Waals surface area (Å²) in [5.41, 5.74) is 6.87. The van der Waals surface area contributed by atoms with Crippen LogP contribution in [-0.4, -0.2) is 23.9 Å². The van der Waals surface area contributed by atoms with Gasteiger partial charge in [-0.2, -0.15) is 0 Å². The van der Waals surface area contributed by atoms with Crippen molar-refractivity contribution >= 4 is 27.5 Å². The second-order valence-corrected chi connectivity index (χ2v) is 4.82. The molecule has 0 aliphatic carbocycles. The summed E-state index contributed by atoms with van der Waals surface area (Å²) in [5.74, 6) is -0.0341. The minimum atomic E-state index is -0.0341. The smallest absolute Gasteiger partial charge is 0.255 e. The van der Waals surface area contributed by atoms with Crippen molar-refractivity contribution in [2.75, 3.05) is 12.8 Å². The van der Waals surface area contributed by atoms with Crippen LogP contribution in [0.15, 0.2) is 22.7 Å². The Bertz CT molecular complexity index is 393. The molecule has 0 bridgehead atoms. The number of hydrogen-bond acceptors (Lipinski definition) is 2. The monoisotopic (exact) mass is 284 g/mol. The van der Waals surface area contributed by atoms with Crippen molar-refractivity contribution in [2.24, 2.45) is 0 Å². The Morgan fingerprint density at radius 3 is 2.75 bits per heavy atom. The molecule has 0 saturated heterocycles. The van der Waals surface area contributed by atoms with E-state index in [1.54, 1.807) is 24.1 Å². The molecule has 16 heavy (non-hydrogen) atoms. The first-order chi connectivity index (χ1) is 7.47. The zero-order chi connectivity index (χ0) is 12.3. The molecule has 0 spiro atoms. The van der Waals surface area contributed by atoms with Crippen LogP contribution in [0.2, 0.25) is 0 Å². The average Bonchev–Trinajstić information content (AvgIpc) is 2.29. The predicted octanol–water partition coefficient (Wildman–Crippen LogP) is 2.90. The van der Waals surface area contributed by atoms with Crippen molar-refractivity contribution < 1.29 is 4.79 Å². The third kappa shape index (κ3) is 2.76. The largest absolute Gasteiger partial charge is 0.398 e. The summed E-state index contributed by atoms with van der Waals surface area (Å²) >= 11 is 3.34. The van der Waals surface area contributed by atoms with Crippen molar-refractivity contribution in [3.05, 3.63) is 28.2 Å². The fourth-order valence-electron chi connectivity index (χ4n) is 1.38. The van der Waals surface area contributed by atoms with Gasteiger partial charge in [0.25, 0.3) is 5.91 Å². The molecule has 3 nitrogen and oxygen atoms in total. The minimum Gasteiger partial charge on any atom is -0.398 e. The number of benzene rings is 1. The summed E-state index contributed by atoms with van der Waals surface area (Å²) in [6, 6.07) is 5.54. The maximum atomic E-state index is 12.1. The number of hydrogen-bond donors (Lipinski definition) is 1. The number of rotatable bonds is 3. The van der Waals surface area contributed by atoms with Gasteiger partial charge < -0.3 is 10.6 Å². The summed E-state index contributed by atoms with van der Waals surface area (Å²) < 4.78 is 0.864. The molecule has 1 rings (SSSR count). The van der Waals surface area contributed by atoms with E-state index in [-0.39, 0.29) is 11.9 Å². The molecular formula is C12H17BrN2O. The zero-order valence-corrected chi connectivity index (χ0v) is 11.4. The molecule has 1 atom stereocenters. The number of anilines is 1. The van der Waals surface area contributed by atoms with E-state index in [2.05, 4.69) is 22.9 Å². The number of nitrogen functional groups attached to an aromatic ring is 1. The van der Waals surface area contributed by atoms with Crippen molar-refractivity contribution in [3.8, 4) is 0 Å². The average molecular weight is 285 g/mol. The van der Waals surface area contributed by atoms with Crippen molar-refractivity contribution in [2.45, 2.75) is 26.3 Å². The Kier molecular flexibility index (Phi) is 4.35. The fourth-order valence-corrected chi connectivity index (χ4v) is 1.74. The van der Waals surface area contributed by atoms with Crippen LogP contribution < -0.4 is 5.73 Å². The Morgan fingerprint density at radius 2 is 2.19 bits per heavy atom. The van der Waals surface area contributed by atoms with Gasteiger partial charge in [-0.15, -0.1) is 0 Å². The van der Waals surface area contributed by atoms with E-state index in [0.29, 0.717) is 11.3 Å². The van der Waals surface area contributed by atoms with Crippen LogP contribution in [0.25, 0.3) is 0 Å². The number of carbonyl (C=O) groups is 1. The van der Waals surface area contributed by atoms with Crippen LogP contribution >= 0.6 is 15.9 Å². The Labute approximate surface area is 105 Å². The van der Waals surface area contributed by atoms with Gasteiger partial charge in [0.1, 0.15) is 0 Å². The molecule has 1 amide bonds. The van der Waals surface area contributed by atoms with Crippen molar-refractivity contribution in [1.82, 2.24) is 4.90 Å². The lowest BCUT2D eigenvalue weighted by molar-refractivity contribution is 0.0741. The first-order valence-electron chi connectivity index (χ1n) is 5.29. The standard InChI is InChI=1S/C12H17BrN2O/c1-4-8(2)15(3)12(16)10-7-9(13)5-6-11(10)14/h5-8H,4,14H2,1-3H3. The number of nitrogens with zero attached hydrogens (tertiary/aromatic N) is 1. The van der Waals surface area contributed by atoms with E-state index in [1.807, 2.05) is 13.0 Å². The lowest BCUT2D eigenvalue weighted by Gasteiger charge is -2.24. The van der Waals surface area contributed by atoms with E-state index in [0.717, 1.165) is 10.9 Å². The van der Waals surface area contributed by atoms with Crippen LogP contribution in [0.5, 0.6) is 0 Å². The SMILES string of the molecule is CCC(C)N(C)C(=O)c1cc(Br)ccc1N. The molecule has 0 aliphatic rings. The highest BCUT2D eigenvalue weighted by Crippen LogP contribution is 2.20. The van der Waals surface area contributed by atoms with Crippen LogP contribution in [0.4, 0.5) is 5.69 Å². The van der Waals surface area contributed by atoms with Gasteiger partial charge in [-0.25, -0.2) is 0 Å². The summed E-state index contributed by atoms with van der Waals surface area (Å²) in [7, 11) is 1.80. The van der Waals surface area contributed by atoms with E-state index < -0.39 is 0 Å². The molecule has 1 unspecified atom stereocenters. The third-order valence-corrected chi connectivity index (χ3v) is 3.31. The van der Waals surface area contributed by atoms with E-state index >= 15 is 0 Å². The maximum absolute atomic E-state index is 12.1. The molecule has 0 heterocycles. The Hall–Kier alpha value is -1.03. The second kappa shape index (κ2) is 5.34. The van der Waals surface area contributed by atoms with E-state index in [9.17, 15) is 4.79 Å². The molecule has 0 aromatic heterocycles. The van der Waals surface area contributed by atoms with E-state index in [4.69, 9.17) is 5.73 Å². The van der Waals surface area contributed by atoms with Crippen molar-refractivity contribution in [3.63, 3.8) is 0 Å². The molecular weight excluding hydrogens is 268 g/mol. The molecule has 88 valence electrons. The minimum absolute atomic E-state index is 0.0341. The highest BCUT2D eigenvalue weighted by Gasteiger charge is 2.18. The molecule has 0 radical (unpaired) electrons. The molecule has 1 aromatic rings. The van der Waals surface area contributed by atoms with Crippen LogP contribution in [0, 0.1) is 0 Å². The Balaban J connectivity index is 3.00. The second-order valence-electron chi connectivity index (χ2n) is 3.90. The molecule has 0 fully saturated rings. The van der Waals surface area contributed by atoms with Gasteiger partial charge in [0.05, 0.1) is 5.56 Å². The highest BCUT2D eigenvalue weighted by atomic mass is 79.9. The molecule has 1 aromatic carbocycles. The summed E-state index contributed by atoms with van der Waals surface area (Å²) in [4.78, 5) is 13.9. The zero-order valence-electron chi connectivity index (χ0n) is 9.83. The van der Waals surface area contributed by atoms with Gasteiger partial charge in [-0.3, -0.25) is 4.79 Å². The quantitative estimate of drug-likeness (QED) is 0.868. The lowest BCUT2D eigenvalue weighted by Crippen LogP contribution is -2.35. The third-order valence-electron chi connectivity index (χ3n) is 2.82. The van der Waals surface area contributed by atoms with Crippen LogP contribution in [-0.2, 0) is 0 Å². The number of halogens is 1. The van der Waals surface area contributed by atoms with Gasteiger partial charge >= 0.3 is 0 Å². The first kappa shape index (κ1) is 13.0. The number of carbonyl (C=O) groups excluding carboxylic acids is 1. The summed E-state index contributed by atoms with van der Waals surface area (Å²) in [5, 5.41) is 0. The predicted molar refractivity (Wildman–Crippen MR) is 70.4 cm³/mol. The number of nitrogens with two attached hydrogens (primary N) is 1. The first-order valence-corrected chi connectivity index (χ1v) is 6.08. The Morgan fingerprint density at radius 1 is 1.56 bits per heavy atom. The van der Waals surface area contributed by atoms with Gasteiger partial charge in [0.2, 0.25) is 0 Å². The summed E-state index contributed by atoms with van der Waals surface area (Å²) in [6.45, 7) is 4.07. The van der Waals surface area contributed by atoms with Crippen LogP contribution in [0.1, 0.15) is 30.6 Å². The topological polar surface area (TPSA) is 46.3 Å². The van der Waals surface area contributed by atoms with Gasteiger partial charge in [0.15, 0.2) is 0 Å². The molecule has 0 aliphatic heterocycles. The molecule has 4 heteroatoms. The maximum Gasteiger partial charge on any atom is 0.255 e. The van der Waals surface area contributed by atoms with Crippen LogP contribution in [0.3, 0.4) is 0 Å². The fraction of sp³-hybridized carbons (Fsp3) is 0.417. The van der Waals surface area contributed by atoms with Crippen molar-refractivity contribution in [1.29, 1.82) is 0 Å². The van der Waals surface area contributed by atoms with E-state index in [1.165, 1.54) is 0 Å². The summed E-state index contributed by atoms with van der Waals surface area (Å²) in [6.07, 6.45) is 0.927. The molecule has 0 saturated carbocycles. The lowest BCUT2D eigenvalue weighted by atomic mass is 10.1. The molecule has 2 N–H and O–H groups in total.